The monoisotopic (exact) mass is 345 g/mol. The van der Waals surface area contributed by atoms with Crippen LogP contribution in [0.15, 0.2) is 17.0 Å². The van der Waals surface area contributed by atoms with Crippen molar-refractivity contribution in [2.75, 3.05) is 5.32 Å². The maximum atomic E-state index is 13.9. The van der Waals surface area contributed by atoms with Crippen molar-refractivity contribution in [2.24, 2.45) is 0 Å². The van der Waals surface area contributed by atoms with Crippen molar-refractivity contribution in [2.45, 2.75) is 56.8 Å². The summed E-state index contributed by atoms with van der Waals surface area (Å²) < 4.78 is 32.9. The van der Waals surface area contributed by atoms with Crippen molar-refractivity contribution in [1.29, 1.82) is 0 Å². The summed E-state index contributed by atoms with van der Waals surface area (Å²) in [7, 11) is 0. The molecule has 0 saturated carbocycles. The molecule has 1 aromatic carbocycles. The SMILES string of the molecule is CCC(Sc1cc(NC(C)=O)c(F)cc1F)C(=O)OC(C)(C)C. The Morgan fingerprint density at radius 1 is 1.26 bits per heavy atom. The number of ether oxygens (including phenoxy) is 1. The molecule has 1 atom stereocenters. The summed E-state index contributed by atoms with van der Waals surface area (Å²) in [5.74, 6) is -2.59. The second-order valence-corrected chi connectivity index (χ2v) is 7.24. The van der Waals surface area contributed by atoms with Gasteiger partial charge in [0.2, 0.25) is 5.91 Å². The molecule has 0 fully saturated rings. The fraction of sp³-hybridized carbons (Fsp3) is 0.500. The number of carbonyl (C=O) groups is 2. The first-order valence-electron chi connectivity index (χ1n) is 7.19. The van der Waals surface area contributed by atoms with Crippen LogP contribution in [0.5, 0.6) is 0 Å². The van der Waals surface area contributed by atoms with E-state index in [9.17, 15) is 18.4 Å². The predicted molar refractivity (Wildman–Crippen MR) is 86.4 cm³/mol. The highest BCUT2D eigenvalue weighted by Crippen LogP contribution is 2.33. The van der Waals surface area contributed by atoms with E-state index in [1.54, 1.807) is 27.7 Å². The summed E-state index contributed by atoms with van der Waals surface area (Å²) in [4.78, 5) is 23.3. The van der Waals surface area contributed by atoms with Crippen LogP contribution in [0.1, 0.15) is 41.0 Å². The van der Waals surface area contributed by atoms with Crippen LogP contribution in [0.25, 0.3) is 0 Å². The minimum atomic E-state index is -0.868. The Morgan fingerprint density at radius 3 is 2.35 bits per heavy atom. The molecule has 0 aromatic heterocycles. The smallest absolute Gasteiger partial charge is 0.319 e. The number of hydrogen-bond donors (Lipinski definition) is 1. The first-order chi connectivity index (χ1) is 10.5. The second kappa shape index (κ2) is 7.77. The van der Waals surface area contributed by atoms with E-state index in [4.69, 9.17) is 4.74 Å². The maximum Gasteiger partial charge on any atom is 0.319 e. The van der Waals surface area contributed by atoms with Crippen molar-refractivity contribution in [3.05, 3.63) is 23.8 Å². The van der Waals surface area contributed by atoms with Crippen molar-refractivity contribution in [3.8, 4) is 0 Å². The summed E-state index contributed by atoms with van der Waals surface area (Å²) in [6.45, 7) is 8.24. The molecular formula is C16H21F2NO3S. The number of rotatable bonds is 5. The average Bonchev–Trinajstić information content (AvgIpc) is 2.37. The lowest BCUT2D eigenvalue weighted by molar-refractivity contribution is -0.154. The van der Waals surface area contributed by atoms with Crippen molar-refractivity contribution in [1.82, 2.24) is 0 Å². The van der Waals surface area contributed by atoms with Gasteiger partial charge in [-0.25, -0.2) is 8.78 Å². The number of anilines is 1. The van der Waals surface area contributed by atoms with E-state index in [-0.39, 0.29) is 10.6 Å². The van der Waals surface area contributed by atoms with Gasteiger partial charge in [0.15, 0.2) is 0 Å². The lowest BCUT2D eigenvalue weighted by atomic mass is 10.2. The Bertz CT molecular complexity index is 600. The number of amides is 1. The summed E-state index contributed by atoms with van der Waals surface area (Å²) >= 11 is 0.947. The largest absolute Gasteiger partial charge is 0.459 e. The van der Waals surface area contributed by atoms with E-state index in [1.807, 2.05) is 0 Å². The van der Waals surface area contributed by atoms with Crippen LogP contribution in [0.4, 0.5) is 14.5 Å². The van der Waals surface area contributed by atoms with Crippen molar-refractivity contribution in [3.63, 3.8) is 0 Å². The molecule has 7 heteroatoms. The van der Waals surface area contributed by atoms with Crippen LogP contribution in [0.2, 0.25) is 0 Å². The molecule has 0 spiro atoms. The number of halogens is 2. The van der Waals surface area contributed by atoms with Crippen LogP contribution in [0.3, 0.4) is 0 Å². The number of esters is 1. The molecule has 23 heavy (non-hydrogen) atoms. The van der Waals surface area contributed by atoms with E-state index >= 15 is 0 Å². The molecular weight excluding hydrogens is 324 g/mol. The molecule has 0 heterocycles. The fourth-order valence-corrected chi connectivity index (χ4v) is 2.70. The first-order valence-corrected chi connectivity index (χ1v) is 8.07. The molecule has 128 valence electrons. The predicted octanol–water partition coefficient (Wildman–Crippen LogP) is 4.14. The Morgan fingerprint density at radius 2 is 1.87 bits per heavy atom. The van der Waals surface area contributed by atoms with Gasteiger partial charge in [-0.2, -0.15) is 0 Å². The zero-order valence-electron chi connectivity index (χ0n) is 13.8. The van der Waals surface area contributed by atoms with Gasteiger partial charge in [0.05, 0.1) is 5.69 Å². The third-order valence-electron chi connectivity index (χ3n) is 2.64. The van der Waals surface area contributed by atoms with E-state index < -0.39 is 34.4 Å². The normalized spacial score (nSPS) is 12.7. The summed E-state index contributed by atoms with van der Waals surface area (Å²) in [6.07, 6.45) is 0.422. The molecule has 0 saturated heterocycles. The van der Waals surface area contributed by atoms with Crippen LogP contribution >= 0.6 is 11.8 Å². The van der Waals surface area contributed by atoms with Gasteiger partial charge in [-0.3, -0.25) is 9.59 Å². The van der Waals surface area contributed by atoms with Crippen molar-refractivity contribution >= 4 is 29.3 Å². The van der Waals surface area contributed by atoms with Gasteiger partial charge < -0.3 is 10.1 Å². The van der Waals surface area contributed by atoms with Crippen LogP contribution in [0, 0.1) is 11.6 Å². The lowest BCUT2D eigenvalue weighted by Gasteiger charge is -2.23. The van der Waals surface area contributed by atoms with Crippen LogP contribution < -0.4 is 5.32 Å². The third kappa shape index (κ3) is 6.17. The zero-order chi connectivity index (χ0) is 17.8. The topological polar surface area (TPSA) is 55.4 Å². The molecule has 0 aliphatic heterocycles. The zero-order valence-corrected chi connectivity index (χ0v) is 14.6. The molecule has 1 rings (SSSR count). The number of thioether (sulfide) groups is 1. The summed E-state index contributed by atoms with van der Waals surface area (Å²) in [5.41, 5.74) is -0.770. The minimum Gasteiger partial charge on any atom is -0.459 e. The molecule has 1 aromatic rings. The van der Waals surface area contributed by atoms with Gasteiger partial charge in [-0.05, 0) is 33.3 Å². The van der Waals surface area contributed by atoms with Gasteiger partial charge in [-0.1, -0.05) is 6.92 Å². The van der Waals surface area contributed by atoms with Crippen LogP contribution in [-0.4, -0.2) is 22.7 Å². The number of hydrogen-bond acceptors (Lipinski definition) is 4. The molecule has 0 aliphatic carbocycles. The van der Waals surface area contributed by atoms with E-state index in [0.717, 1.165) is 11.8 Å². The molecule has 1 unspecified atom stereocenters. The highest BCUT2D eigenvalue weighted by Gasteiger charge is 2.26. The molecule has 1 N–H and O–H groups in total. The van der Waals surface area contributed by atoms with Crippen molar-refractivity contribution < 1.29 is 23.1 Å². The second-order valence-electron chi connectivity index (χ2n) is 5.99. The highest BCUT2D eigenvalue weighted by molar-refractivity contribution is 8.00. The molecule has 0 radical (unpaired) electrons. The van der Waals surface area contributed by atoms with Crippen LogP contribution in [-0.2, 0) is 14.3 Å². The van der Waals surface area contributed by atoms with Gasteiger partial charge in [0.25, 0.3) is 0 Å². The number of benzene rings is 1. The summed E-state index contributed by atoms with van der Waals surface area (Å²) in [6, 6.07) is 1.87. The van der Waals surface area contributed by atoms with Gasteiger partial charge in [0.1, 0.15) is 22.5 Å². The molecule has 4 nitrogen and oxygen atoms in total. The lowest BCUT2D eigenvalue weighted by Crippen LogP contribution is -2.30. The number of nitrogens with one attached hydrogen (secondary N) is 1. The van der Waals surface area contributed by atoms with Gasteiger partial charge in [-0.15, -0.1) is 11.8 Å². The van der Waals surface area contributed by atoms with E-state index in [1.165, 1.54) is 13.0 Å². The molecule has 0 aliphatic rings. The third-order valence-corrected chi connectivity index (χ3v) is 4.02. The Labute approximate surface area is 139 Å². The Kier molecular flexibility index (Phi) is 6.56. The first kappa shape index (κ1) is 19.4. The highest BCUT2D eigenvalue weighted by atomic mass is 32.2. The number of carbonyl (C=O) groups excluding carboxylic acids is 2. The Balaban J connectivity index is 3.01. The molecule has 0 bridgehead atoms. The average molecular weight is 345 g/mol. The van der Waals surface area contributed by atoms with E-state index in [2.05, 4.69) is 5.32 Å². The van der Waals surface area contributed by atoms with E-state index in [0.29, 0.717) is 12.5 Å². The quantitative estimate of drug-likeness (QED) is 0.644. The van der Waals surface area contributed by atoms with Gasteiger partial charge >= 0.3 is 5.97 Å². The van der Waals surface area contributed by atoms with Gasteiger partial charge in [0, 0.05) is 17.9 Å². The fourth-order valence-electron chi connectivity index (χ4n) is 1.72. The minimum absolute atomic E-state index is 0.0767. The maximum absolute atomic E-state index is 13.9. The Hall–Kier alpha value is -1.63. The standard InChI is InChI=1S/C16H21F2NO3S/c1-6-13(15(21)22-16(3,4)5)23-14-8-12(19-9(2)20)10(17)7-11(14)18/h7-8,13H,6H2,1-5H3,(H,19,20). The summed E-state index contributed by atoms with van der Waals surface area (Å²) in [5, 5.41) is 1.66. The molecule has 1 amide bonds.